The predicted octanol–water partition coefficient (Wildman–Crippen LogP) is 9.01. The SMILES string of the molecule is CCCCCc1cc2sc(CCC3CCC(CCCCC)CC3)cc2s1. The molecule has 0 N–H and O–H groups in total. The van der Waals surface area contributed by atoms with E-state index in [-0.39, 0.29) is 0 Å². The molecule has 26 heavy (non-hydrogen) atoms. The predicted molar refractivity (Wildman–Crippen MR) is 121 cm³/mol. The molecule has 1 aliphatic carbocycles. The Morgan fingerprint density at radius 1 is 0.692 bits per heavy atom. The fourth-order valence-electron chi connectivity index (χ4n) is 4.57. The average Bonchev–Trinajstić information content (AvgIpc) is 3.20. The summed E-state index contributed by atoms with van der Waals surface area (Å²) in [6.07, 6.45) is 19.9. The summed E-state index contributed by atoms with van der Waals surface area (Å²) in [7, 11) is 0. The van der Waals surface area contributed by atoms with E-state index in [1.165, 1.54) is 89.9 Å². The van der Waals surface area contributed by atoms with Gasteiger partial charge in [-0.3, -0.25) is 0 Å². The van der Waals surface area contributed by atoms with Gasteiger partial charge in [0.25, 0.3) is 0 Å². The van der Waals surface area contributed by atoms with Crippen LogP contribution >= 0.6 is 22.7 Å². The van der Waals surface area contributed by atoms with E-state index in [2.05, 4.69) is 48.7 Å². The lowest BCUT2D eigenvalue weighted by molar-refractivity contribution is 0.249. The van der Waals surface area contributed by atoms with Crippen LogP contribution in [-0.2, 0) is 12.8 Å². The second kappa shape index (κ2) is 10.9. The van der Waals surface area contributed by atoms with Crippen molar-refractivity contribution in [2.45, 2.75) is 104 Å². The molecule has 0 unspecified atom stereocenters. The first-order chi connectivity index (χ1) is 12.8. The van der Waals surface area contributed by atoms with Gasteiger partial charge in [0.15, 0.2) is 0 Å². The van der Waals surface area contributed by atoms with Crippen molar-refractivity contribution in [1.29, 1.82) is 0 Å². The molecule has 146 valence electrons. The summed E-state index contributed by atoms with van der Waals surface area (Å²) in [6, 6.07) is 4.98. The fourth-order valence-corrected chi connectivity index (χ4v) is 7.07. The molecule has 0 amide bonds. The molecule has 0 bridgehead atoms. The largest absolute Gasteiger partial charge is 0.139 e. The molecule has 2 aromatic heterocycles. The first kappa shape index (κ1) is 20.4. The van der Waals surface area contributed by atoms with E-state index in [0.29, 0.717) is 0 Å². The maximum atomic E-state index is 2.50. The lowest BCUT2D eigenvalue weighted by atomic mass is 9.78. The summed E-state index contributed by atoms with van der Waals surface area (Å²) in [4.78, 5) is 3.24. The Labute approximate surface area is 169 Å². The zero-order chi connectivity index (χ0) is 18.2. The Morgan fingerprint density at radius 3 is 1.85 bits per heavy atom. The minimum atomic E-state index is 1.00. The molecule has 2 heteroatoms. The standard InChI is InChI=1S/C24H38S2/c1-3-5-7-9-19-11-13-20(14-12-19)15-16-22-18-24-23(26-22)17-21(25-24)10-8-6-4-2/h17-20H,3-16H2,1-2H3. The van der Waals surface area contributed by atoms with Gasteiger partial charge >= 0.3 is 0 Å². The molecule has 0 nitrogen and oxygen atoms in total. The zero-order valence-corrected chi connectivity index (χ0v) is 18.7. The quantitative estimate of drug-likeness (QED) is 0.336. The summed E-state index contributed by atoms with van der Waals surface area (Å²) in [5, 5.41) is 0. The van der Waals surface area contributed by atoms with Crippen molar-refractivity contribution in [3.05, 3.63) is 21.9 Å². The van der Waals surface area contributed by atoms with Crippen LogP contribution in [0.3, 0.4) is 0 Å². The first-order valence-corrected chi connectivity index (χ1v) is 12.9. The Kier molecular flexibility index (Phi) is 8.52. The average molecular weight is 391 g/mol. The molecule has 2 heterocycles. The van der Waals surface area contributed by atoms with Crippen LogP contribution in [-0.4, -0.2) is 0 Å². The minimum Gasteiger partial charge on any atom is -0.139 e. The molecule has 1 saturated carbocycles. The fraction of sp³-hybridized carbons (Fsp3) is 0.750. The van der Waals surface area contributed by atoms with Gasteiger partial charge in [-0.25, -0.2) is 0 Å². The zero-order valence-electron chi connectivity index (χ0n) is 17.0. The van der Waals surface area contributed by atoms with Gasteiger partial charge in [-0.2, -0.15) is 0 Å². The molecule has 2 aromatic rings. The van der Waals surface area contributed by atoms with E-state index >= 15 is 0 Å². The summed E-state index contributed by atoms with van der Waals surface area (Å²) < 4.78 is 3.10. The molecule has 0 saturated heterocycles. The topological polar surface area (TPSA) is 0 Å². The van der Waals surface area contributed by atoms with E-state index in [1.807, 2.05) is 0 Å². The van der Waals surface area contributed by atoms with E-state index in [0.717, 1.165) is 11.8 Å². The number of hydrogen-bond donors (Lipinski definition) is 0. The van der Waals surface area contributed by atoms with Crippen molar-refractivity contribution in [3.63, 3.8) is 0 Å². The lowest BCUT2D eigenvalue weighted by Gasteiger charge is -2.28. The van der Waals surface area contributed by atoms with Gasteiger partial charge in [0.1, 0.15) is 0 Å². The molecule has 3 rings (SSSR count). The van der Waals surface area contributed by atoms with Crippen LogP contribution in [0.5, 0.6) is 0 Å². The van der Waals surface area contributed by atoms with Gasteiger partial charge < -0.3 is 0 Å². The second-order valence-electron chi connectivity index (χ2n) is 8.53. The van der Waals surface area contributed by atoms with E-state index in [1.54, 1.807) is 19.2 Å². The van der Waals surface area contributed by atoms with Crippen molar-refractivity contribution >= 4 is 32.1 Å². The summed E-state index contributed by atoms with van der Waals surface area (Å²) in [5.74, 6) is 2.05. The number of fused-ring (bicyclic) bond motifs is 1. The number of thiophene rings is 2. The number of hydrogen-bond acceptors (Lipinski definition) is 2. The highest BCUT2D eigenvalue weighted by Crippen LogP contribution is 2.37. The smallest absolute Gasteiger partial charge is 0.0456 e. The number of aryl methyl sites for hydroxylation is 2. The number of rotatable bonds is 11. The second-order valence-corrected chi connectivity index (χ2v) is 10.9. The maximum absolute atomic E-state index is 2.50. The normalized spacial score (nSPS) is 20.8. The van der Waals surface area contributed by atoms with Crippen LogP contribution in [0.1, 0.15) is 101 Å². The highest BCUT2D eigenvalue weighted by Gasteiger charge is 2.21. The molecule has 0 radical (unpaired) electrons. The molecule has 1 fully saturated rings. The van der Waals surface area contributed by atoms with Crippen LogP contribution < -0.4 is 0 Å². The van der Waals surface area contributed by atoms with Crippen LogP contribution in [0.4, 0.5) is 0 Å². The monoisotopic (exact) mass is 390 g/mol. The van der Waals surface area contributed by atoms with Crippen molar-refractivity contribution in [2.75, 3.05) is 0 Å². The molecular weight excluding hydrogens is 352 g/mol. The Hall–Kier alpha value is -0.340. The van der Waals surface area contributed by atoms with E-state index < -0.39 is 0 Å². The summed E-state index contributed by atoms with van der Waals surface area (Å²) in [5.41, 5.74) is 0. The van der Waals surface area contributed by atoms with Gasteiger partial charge in [0, 0.05) is 19.2 Å². The third kappa shape index (κ3) is 6.09. The van der Waals surface area contributed by atoms with Gasteiger partial charge in [-0.1, -0.05) is 78.1 Å². The van der Waals surface area contributed by atoms with Gasteiger partial charge in [-0.05, 0) is 49.7 Å². The molecular formula is C24H38S2. The third-order valence-corrected chi connectivity index (χ3v) is 8.73. The van der Waals surface area contributed by atoms with E-state index in [4.69, 9.17) is 0 Å². The lowest BCUT2D eigenvalue weighted by Crippen LogP contribution is -2.15. The minimum absolute atomic E-state index is 1.00. The van der Waals surface area contributed by atoms with Crippen molar-refractivity contribution in [2.24, 2.45) is 11.8 Å². The maximum Gasteiger partial charge on any atom is 0.0456 e. The van der Waals surface area contributed by atoms with E-state index in [9.17, 15) is 0 Å². The molecule has 0 spiro atoms. The summed E-state index contributed by atoms with van der Waals surface area (Å²) >= 11 is 4.12. The number of unbranched alkanes of at least 4 members (excludes halogenated alkanes) is 4. The van der Waals surface area contributed by atoms with Crippen LogP contribution in [0.15, 0.2) is 12.1 Å². The molecule has 0 aliphatic heterocycles. The molecule has 1 aliphatic rings. The highest BCUT2D eigenvalue weighted by molar-refractivity contribution is 7.27. The van der Waals surface area contributed by atoms with Gasteiger partial charge in [0.2, 0.25) is 0 Å². The van der Waals surface area contributed by atoms with Crippen LogP contribution in [0, 0.1) is 11.8 Å². The molecule has 0 atom stereocenters. The van der Waals surface area contributed by atoms with Gasteiger partial charge in [-0.15, -0.1) is 22.7 Å². The Balaban J connectivity index is 1.39. The summed E-state index contributed by atoms with van der Waals surface area (Å²) in [6.45, 7) is 4.61. The van der Waals surface area contributed by atoms with Crippen molar-refractivity contribution in [1.82, 2.24) is 0 Å². The Bertz CT molecular complexity index is 596. The van der Waals surface area contributed by atoms with Gasteiger partial charge in [0.05, 0.1) is 0 Å². The third-order valence-electron chi connectivity index (χ3n) is 6.32. The highest BCUT2D eigenvalue weighted by atomic mass is 32.1. The van der Waals surface area contributed by atoms with Crippen molar-refractivity contribution < 1.29 is 0 Å². The Morgan fingerprint density at radius 2 is 1.23 bits per heavy atom. The first-order valence-electron chi connectivity index (χ1n) is 11.3. The molecule has 0 aromatic carbocycles. The van der Waals surface area contributed by atoms with Crippen molar-refractivity contribution in [3.8, 4) is 0 Å². The van der Waals surface area contributed by atoms with Crippen LogP contribution in [0.2, 0.25) is 0 Å². The van der Waals surface area contributed by atoms with Crippen LogP contribution in [0.25, 0.3) is 9.40 Å².